The molecule has 2 aromatic rings. The molecule has 0 heterocycles. The number of methoxy groups -OCH3 is 1. The summed E-state index contributed by atoms with van der Waals surface area (Å²) in [5.74, 6) is 2.90. The number of hydrogen-bond acceptors (Lipinski definition) is 4. The lowest BCUT2D eigenvalue weighted by Gasteiger charge is -2.14. The van der Waals surface area contributed by atoms with E-state index in [9.17, 15) is 10.1 Å². The fourth-order valence-electron chi connectivity index (χ4n) is 2.43. The molecule has 0 spiro atoms. The Morgan fingerprint density at radius 1 is 1.26 bits per heavy atom. The quantitative estimate of drug-likeness (QED) is 0.466. The molecule has 27 heavy (non-hydrogen) atoms. The third-order valence-electron chi connectivity index (χ3n) is 3.82. The molecule has 0 saturated heterocycles. The summed E-state index contributed by atoms with van der Waals surface area (Å²) in [7, 11) is 1.50. The monoisotopic (exact) mass is 360 g/mol. The highest BCUT2D eigenvalue weighted by atomic mass is 16.5. The van der Waals surface area contributed by atoms with Crippen LogP contribution in [0.25, 0.3) is 6.08 Å². The predicted molar refractivity (Wildman–Crippen MR) is 104 cm³/mol. The molecule has 1 atom stereocenters. The molecular weight excluding hydrogens is 340 g/mol. The van der Waals surface area contributed by atoms with Crippen LogP contribution in [0.15, 0.2) is 54.1 Å². The molecule has 136 valence electrons. The summed E-state index contributed by atoms with van der Waals surface area (Å²) in [6, 6.07) is 16.3. The maximum atomic E-state index is 12.4. The summed E-state index contributed by atoms with van der Waals surface area (Å²) in [6.45, 7) is 1.98. The van der Waals surface area contributed by atoms with Crippen molar-refractivity contribution in [2.45, 2.75) is 13.0 Å². The van der Waals surface area contributed by atoms with Gasteiger partial charge in [-0.05, 0) is 36.3 Å². The lowest BCUT2D eigenvalue weighted by Crippen LogP contribution is -2.27. The van der Waals surface area contributed by atoms with Crippen LogP contribution in [0.1, 0.15) is 24.1 Å². The number of terminal acetylenes is 1. The van der Waals surface area contributed by atoms with E-state index in [0.717, 1.165) is 5.56 Å². The molecule has 2 rings (SSSR count). The van der Waals surface area contributed by atoms with Gasteiger partial charge in [-0.2, -0.15) is 5.26 Å². The van der Waals surface area contributed by atoms with Gasteiger partial charge < -0.3 is 14.8 Å². The van der Waals surface area contributed by atoms with Gasteiger partial charge in [-0.1, -0.05) is 42.3 Å². The molecule has 1 N–H and O–H groups in total. The first-order valence-electron chi connectivity index (χ1n) is 8.31. The summed E-state index contributed by atoms with van der Waals surface area (Å²) >= 11 is 0. The van der Waals surface area contributed by atoms with Crippen LogP contribution < -0.4 is 14.8 Å². The van der Waals surface area contributed by atoms with E-state index in [4.69, 9.17) is 15.9 Å². The van der Waals surface area contributed by atoms with Crippen molar-refractivity contribution in [2.75, 3.05) is 13.7 Å². The predicted octanol–water partition coefficient (Wildman–Crippen LogP) is 3.49. The van der Waals surface area contributed by atoms with Crippen LogP contribution in [0.5, 0.6) is 11.5 Å². The third-order valence-corrected chi connectivity index (χ3v) is 3.82. The summed E-state index contributed by atoms with van der Waals surface area (Å²) in [6.07, 6.45) is 6.69. The first-order valence-corrected chi connectivity index (χ1v) is 8.31. The third kappa shape index (κ3) is 5.39. The van der Waals surface area contributed by atoms with Crippen LogP contribution in [-0.4, -0.2) is 19.6 Å². The fraction of sp³-hybridized carbons (Fsp3) is 0.182. The number of ether oxygens (including phenoxy) is 2. The van der Waals surface area contributed by atoms with Crippen LogP contribution in [-0.2, 0) is 4.79 Å². The number of hydrogen-bond donors (Lipinski definition) is 1. The number of nitrogens with zero attached hydrogens (tertiary/aromatic N) is 1. The largest absolute Gasteiger partial charge is 0.493 e. The number of rotatable bonds is 7. The van der Waals surface area contributed by atoms with E-state index in [0.29, 0.717) is 17.1 Å². The molecule has 2 aromatic carbocycles. The molecule has 0 aromatic heterocycles. The zero-order chi connectivity index (χ0) is 19.6. The molecule has 0 radical (unpaired) electrons. The molecule has 1 amide bonds. The number of benzene rings is 2. The Labute approximate surface area is 159 Å². The zero-order valence-corrected chi connectivity index (χ0v) is 15.2. The average molecular weight is 360 g/mol. The Morgan fingerprint density at radius 3 is 2.63 bits per heavy atom. The van der Waals surface area contributed by atoms with Gasteiger partial charge in [-0.3, -0.25) is 4.79 Å². The molecule has 0 aliphatic carbocycles. The highest BCUT2D eigenvalue weighted by Gasteiger charge is 2.14. The van der Waals surface area contributed by atoms with Crippen molar-refractivity contribution in [1.29, 1.82) is 5.26 Å². The average Bonchev–Trinajstić information content (AvgIpc) is 2.71. The molecule has 0 fully saturated rings. The van der Waals surface area contributed by atoms with E-state index in [-0.39, 0.29) is 18.2 Å². The smallest absolute Gasteiger partial charge is 0.262 e. The number of amides is 1. The van der Waals surface area contributed by atoms with Gasteiger partial charge in [0, 0.05) is 0 Å². The normalized spacial score (nSPS) is 11.6. The minimum absolute atomic E-state index is 0.00266. The Hall–Kier alpha value is -3.70. The molecule has 0 unspecified atom stereocenters. The summed E-state index contributed by atoms with van der Waals surface area (Å²) in [4.78, 5) is 12.4. The fourth-order valence-corrected chi connectivity index (χ4v) is 2.43. The van der Waals surface area contributed by atoms with Crippen molar-refractivity contribution in [1.82, 2.24) is 5.32 Å². The van der Waals surface area contributed by atoms with E-state index in [2.05, 4.69) is 11.2 Å². The lowest BCUT2D eigenvalue weighted by atomic mass is 10.1. The van der Waals surface area contributed by atoms with Crippen molar-refractivity contribution in [3.05, 3.63) is 65.2 Å². The van der Waals surface area contributed by atoms with Crippen molar-refractivity contribution in [2.24, 2.45) is 0 Å². The Balaban J connectivity index is 2.18. The van der Waals surface area contributed by atoms with E-state index >= 15 is 0 Å². The van der Waals surface area contributed by atoms with E-state index in [1.54, 1.807) is 18.2 Å². The number of nitriles is 1. The standard InChI is InChI=1S/C22H20N2O3/c1-4-12-27-20-11-10-17(14-21(20)26-3)13-19(15-23)22(25)24-16(2)18-8-6-5-7-9-18/h1,5-11,13-14,16H,12H2,2-3H3,(H,24,25)/b19-13-/t16-/m1/s1. The van der Waals surface area contributed by atoms with Crippen molar-refractivity contribution < 1.29 is 14.3 Å². The molecule has 5 heteroatoms. The zero-order valence-electron chi connectivity index (χ0n) is 15.2. The van der Waals surface area contributed by atoms with Gasteiger partial charge in [0.2, 0.25) is 0 Å². The SMILES string of the molecule is C#CCOc1ccc(/C=C(/C#N)C(=O)N[C@H](C)c2ccccc2)cc1OC. The first-order chi connectivity index (χ1) is 13.1. The second-order valence-corrected chi connectivity index (χ2v) is 5.68. The lowest BCUT2D eigenvalue weighted by molar-refractivity contribution is -0.117. The van der Waals surface area contributed by atoms with E-state index in [1.807, 2.05) is 43.3 Å². The number of carbonyl (C=O) groups excluding carboxylic acids is 1. The molecule has 5 nitrogen and oxygen atoms in total. The Kier molecular flexibility index (Phi) is 7.05. The Morgan fingerprint density at radius 2 is 2.00 bits per heavy atom. The van der Waals surface area contributed by atoms with Gasteiger partial charge >= 0.3 is 0 Å². The first kappa shape index (κ1) is 19.6. The molecule has 0 bridgehead atoms. The minimum atomic E-state index is -0.444. The molecule has 0 saturated carbocycles. The highest BCUT2D eigenvalue weighted by molar-refractivity contribution is 6.01. The number of nitrogens with one attached hydrogen (secondary N) is 1. The number of carbonyl (C=O) groups is 1. The minimum Gasteiger partial charge on any atom is -0.493 e. The summed E-state index contributed by atoms with van der Waals surface area (Å²) in [5, 5.41) is 12.2. The van der Waals surface area contributed by atoms with Crippen LogP contribution in [0.4, 0.5) is 0 Å². The van der Waals surface area contributed by atoms with Gasteiger partial charge in [-0.15, -0.1) is 6.42 Å². The van der Waals surface area contributed by atoms with Gasteiger partial charge in [0.1, 0.15) is 18.2 Å². The van der Waals surface area contributed by atoms with Gasteiger partial charge in [0.15, 0.2) is 11.5 Å². The van der Waals surface area contributed by atoms with Crippen LogP contribution >= 0.6 is 0 Å². The molecule has 0 aliphatic heterocycles. The van der Waals surface area contributed by atoms with Crippen molar-refractivity contribution in [3.63, 3.8) is 0 Å². The van der Waals surface area contributed by atoms with Crippen LogP contribution in [0.2, 0.25) is 0 Å². The van der Waals surface area contributed by atoms with Crippen LogP contribution in [0, 0.1) is 23.7 Å². The van der Waals surface area contributed by atoms with Gasteiger partial charge in [0.25, 0.3) is 5.91 Å². The summed E-state index contributed by atoms with van der Waals surface area (Å²) < 4.78 is 10.7. The summed E-state index contributed by atoms with van der Waals surface area (Å²) in [5.41, 5.74) is 1.59. The van der Waals surface area contributed by atoms with E-state index < -0.39 is 5.91 Å². The molecule has 0 aliphatic rings. The van der Waals surface area contributed by atoms with Crippen LogP contribution in [0.3, 0.4) is 0 Å². The van der Waals surface area contributed by atoms with Gasteiger partial charge in [-0.25, -0.2) is 0 Å². The topological polar surface area (TPSA) is 71.3 Å². The van der Waals surface area contributed by atoms with E-state index in [1.165, 1.54) is 13.2 Å². The van der Waals surface area contributed by atoms with Crippen molar-refractivity contribution >= 4 is 12.0 Å². The Bertz CT molecular complexity index is 905. The second-order valence-electron chi connectivity index (χ2n) is 5.68. The maximum Gasteiger partial charge on any atom is 0.262 e. The highest BCUT2D eigenvalue weighted by Crippen LogP contribution is 2.29. The van der Waals surface area contributed by atoms with Crippen molar-refractivity contribution in [3.8, 4) is 29.9 Å². The maximum absolute atomic E-state index is 12.4. The van der Waals surface area contributed by atoms with Gasteiger partial charge in [0.05, 0.1) is 13.2 Å². The second kappa shape index (κ2) is 9.70. The molecular formula is C22H20N2O3.